The van der Waals surface area contributed by atoms with Crippen molar-refractivity contribution in [2.75, 3.05) is 0 Å². The van der Waals surface area contributed by atoms with Crippen LogP contribution in [0.1, 0.15) is 71.4 Å². The molecule has 1 aromatic heterocycles. The number of aliphatic hydroxyl groups excluding tert-OH is 1. The number of ketones is 1. The maximum absolute atomic E-state index is 13.5. The molecule has 4 aliphatic rings. The summed E-state index contributed by atoms with van der Waals surface area (Å²) in [6.07, 6.45) is 13.3. The van der Waals surface area contributed by atoms with Crippen molar-refractivity contribution in [2.24, 2.45) is 28.6 Å². The summed E-state index contributed by atoms with van der Waals surface area (Å²) >= 11 is 0. The Morgan fingerprint density at radius 3 is 2.76 bits per heavy atom. The molecule has 1 aromatic rings. The van der Waals surface area contributed by atoms with Gasteiger partial charge >= 0.3 is 0 Å². The molecule has 6 unspecified atom stereocenters. The molecular formula is C25H34N2O2. The lowest BCUT2D eigenvalue weighted by atomic mass is 9.48. The van der Waals surface area contributed by atoms with E-state index in [1.165, 1.54) is 5.57 Å². The van der Waals surface area contributed by atoms with Crippen LogP contribution in [0.4, 0.5) is 0 Å². The SMILES string of the molecule is CCn1ccc(C=C2CC3C4CC=C5CC(O)CCC5(C)C4CCC3(C)C2=O)n1. The van der Waals surface area contributed by atoms with Crippen LogP contribution in [0, 0.1) is 28.6 Å². The number of hydrogen-bond acceptors (Lipinski definition) is 3. The van der Waals surface area contributed by atoms with Gasteiger partial charge in [-0.25, -0.2) is 0 Å². The quantitative estimate of drug-likeness (QED) is 0.580. The van der Waals surface area contributed by atoms with Crippen LogP contribution in [0.5, 0.6) is 0 Å². The van der Waals surface area contributed by atoms with Crippen molar-refractivity contribution >= 4 is 11.9 Å². The smallest absolute Gasteiger partial charge is 0.165 e. The van der Waals surface area contributed by atoms with Crippen molar-refractivity contribution in [1.82, 2.24) is 9.78 Å². The van der Waals surface area contributed by atoms with Crippen molar-refractivity contribution in [2.45, 2.75) is 78.4 Å². The largest absolute Gasteiger partial charge is 0.393 e. The third-order valence-corrected chi connectivity index (χ3v) is 9.03. The maximum Gasteiger partial charge on any atom is 0.165 e. The molecule has 3 fully saturated rings. The van der Waals surface area contributed by atoms with E-state index in [0.717, 1.165) is 62.8 Å². The average molecular weight is 395 g/mol. The molecule has 0 bridgehead atoms. The van der Waals surface area contributed by atoms with Gasteiger partial charge in [0.25, 0.3) is 0 Å². The van der Waals surface area contributed by atoms with E-state index in [1.807, 2.05) is 16.9 Å². The minimum absolute atomic E-state index is 0.162. The van der Waals surface area contributed by atoms with E-state index in [4.69, 9.17) is 0 Å². The number of aryl methyl sites for hydroxylation is 1. The lowest BCUT2D eigenvalue weighted by Gasteiger charge is -2.56. The zero-order valence-corrected chi connectivity index (χ0v) is 18.0. The molecule has 4 aliphatic carbocycles. The fourth-order valence-electron chi connectivity index (χ4n) is 7.25. The summed E-state index contributed by atoms with van der Waals surface area (Å²) in [6, 6.07) is 2.01. The molecule has 0 aliphatic heterocycles. The minimum Gasteiger partial charge on any atom is -0.393 e. The summed E-state index contributed by atoms with van der Waals surface area (Å²) in [5.74, 6) is 2.04. The molecule has 156 valence electrons. The van der Waals surface area contributed by atoms with Gasteiger partial charge in [0.2, 0.25) is 0 Å². The van der Waals surface area contributed by atoms with Gasteiger partial charge in [-0.05, 0) is 92.8 Å². The Morgan fingerprint density at radius 2 is 2.00 bits per heavy atom. The zero-order valence-electron chi connectivity index (χ0n) is 18.0. The first-order chi connectivity index (χ1) is 13.8. The second-order valence-corrected chi connectivity index (χ2v) is 10.4. The second kappa shape index (κ2) is 6.66. The number of rotatable bonds is 2. The number of hydrogen-bond donors (Lipinski definition) is 1. The normalized spacial score (nSPS) is 43.0. The van der Waals surface area contributed by atoms with E-state index in [-0.39, 0.29) is 16.9 Å². The first kappa shape index (κ1) is 19.3. The van der Waals surface area contributed by atoms with Gasteiger partial charge in [0.15, 0.2) is 5.78 Å². The molecule has 1 N–H and O–H groups in total. The van der Waals surface area contributed by atoms with Crippen LogP contribution in [-0.4, -0.2) is 26.8 Å². The Labute approximate surface area is 174 Å². The third kappa shape index (κ3) is 2.82. The third-order valence-electron chi connectivity index (χ3n) is 9.03. The fraction of sp³-hybridized carbons (Fsp3) is 0.680. The number of allylic oxidation sites excluding steroid dienone is 2. The summed E-state index contributed by atoms with van der Waals surface area (Å²) < 4.78 is 1.92. The summed E-state index contributed by atoms with van der Waals surface area (Å²) in [6.45, 7) is 7.60. The molecule has 0 amide bonds. The number of Topliss-reactive ketones (excluding diaryl/α,β-unsaturated/α-hetero) is 1. The number of aromatic nitrogens is 2. The standard InChI is InChI=1S/C25H34N2O2/c1-4-27-12-9-18(26-27)13-16-14-22-20-6-5-17-15-19(28)7-10-24(17,2)21(20)8-11-25(22,3)23(16)29/h5,9,12-13,19-22,28H,4,6-8,10-11,14-15H2,1-3H3. The van der Waals surface area contributed by atoms with Crippen LogP contribution < -0.4 is 0 Å². The van der Waals surface area contributed by atoms with Gasteiger partial charge in [0.1, 0.15) is 0 Å². The molecule has 5 rings (SSSR count). The molecule has 0 radical (unpaired) electrons. The molecule has 4 heteroatoms. The van der Waals surface area contributed by atoms with E-state index in [0.29, 0.717) is 23.5 Å². The first-order valence-electron chi connectivity index (χ1n) is 11.5. The van der Waals surface area contributed by atoms with E-state index < -0.39 is 0 Å². The Balaban J connectivity index is 1.46. The Hall–Kier alpha value is -1.68. The lowest BCUT2D eigenvalue weighted by molar-refractivity contribution is -0.130. The van der Waals surface area contributed by atoms with Crippen LogP contribution in [0.25, 0.3) is 6.08 Å². The summed E-state index contributed by atoms with van der Waals surface area (Å²) in [4.78, 5) is 13.5. The highest BCUT2D eigenvalue weighted by Gasteiger charge is 2.59. The molecule has 6 atom stereocenters. The van der Waals surface area contributed by atoms with Crippen LogP contribution in [0.3, 0.4) is 0 Å². The minimum atomic E-state index is -0.212. The van der Waals surface area contributed by atoms with Gasteiger partial charge in [-0.1, -0.05) is 25.5 Å². The number of carbonyl (C=O) groups excluding carboxylic acids is 1. The molecule has 3 saturated carbocycles. The van der Waals surface area contributed by atoms with Crippen molar-refractivity contribution in [3.8, 4) is 0 Å². The Morgan fingerprint density at radius 1 is 1.21 bits per heavy atom. The van der Waals surface area contributed by atoms with Gasteiger partial charge in [-0.2, -0.15) is 5.10 Å². The first-order valence-corrected chi connectivity index (χ1v) is 11.5. The van der Waals surface area contributed by atoms with E-state index in [9.17, 15) is 9.90 Å². The highest BCUT2D eigenvalue weighted by molar-refractivity contribution is 6.05. The van der Waals surface area contributed by atoms with Gasteiger partial charge < -0.3 is 5.11 Å². The lowest BCUT2D eigenvalue weighted by Crippen LogP contribution is -2.50. The molecule has 0 spiro atoms. The van der Waals surface area contributed by atoms with E-state index >= 15 is 0 Å². The van der Waals surface area contributed by atoms with Crippen LogP contribution in [0.15, 0.2) is 29.5 Å². The van der Waals surface area contributed by atoms with Crippen LogP contribution in [0.2, 0.25) is 0 Å². The Kier molecular flexibility index (Phi) is 4.43. The van der Waals surface area contributed by atoms with Crippen molar-refractivity contribution in [1.29, 1.82) is 0 Å². The monoisotopic (exact) mass is 394 g/mol. The molecule has 0 aromatic carbocycles. The van der Waals surface area contributed by atoms with E-state index in [1.54, 1.807) is 0 Å². The highest BCUT2D eigenvalue weighted by Crippen LogP contribution is 2.64. The summed E-state index contributed by atoms with van der Waals surface area (Å²) in [7, 11) is 0. The predicted octanol–water partition coefficient (Wildman–Crippen LogP) is 4.79. The van der Waals surface area contributed by atoms with Gasteiger partial charge in [-0.15, -0.1) is 0 Å². The highest BCUT2D eigenvalue weighted by atomic mass is 16.3. The summed E-state index contributed by atoms with van der Waals surface area (Å²) in [5.41, 5.74) is 3.40. The molecule has 1 heterocycles. The summed E-state index contributed by atoms with van der Waals surface area (Å²) in [5, 5.41) is 14.8. The van der Waals surface area contributed by atoms with Gasteiger partial charge in [0, 0.05) is 18.2 Å². The average Bonchev–Trinajstić information content (AvgIpc) is 3.26. The Bertz CT molecular complexity index is 896. The van der Waals surface area contributed by atoms with Crippen LogP contribution in [-0.2, 0) is 11.3 Å². The second-order valence-electron chi connectivity index (χ2n) is 10.4. The van der Waals surface area contributed by atoms with Crippen molar-refractivity contribution < 1.29 is 9.90 Å². The topological polar surface area (TPSA) is 55.1 Å². The zero-order chi connectivity index (χ0) is 20.4. The molecular weight excluding hydrogens is 360 g/mol. The number of carbonyl (C=O) groups is 1. The van der Waals surface area contributed by atoms with Gasteiger partial charge in [-0.3, -0.25) is 9.48 Å². The van der Waals surface area contributed by atoms with Gasteiger partial charge in [0.05, 0.1) is 11.8 Å². The van der Waals surface area contributed by atoms with E-state index in [2.05, 4.69) is 38.0 Å². The molecule has 29 heavy (non-hydrogen) atoms. The molecule has 4 nitrogen and oxygen atoms in total. The van der Waals surface area contributed by atoms with Crippen molar-refractivity contribution in [3.63, 3.8) is 0 Å². The predicted molar refractivity (Wildman–Crippen MR) is 114 cm³/mol. The van der Waals surface area contributed by atoms with Crippen LogP contribution >= 0.6 is 0 Å². The number of fused-ring (bicyclic) bond motifs is 5. The fourth-order valence-corrected chi connectivity index (χ4v) is 7.25. The maximum atomic E-state index is 13.5. The molecule has 0 saturated heterocycles. The number of nitrogens with zero attached hydrogens (tertiary/aromatic N) is 2. The van der Waals surface area contributed by atoms with Crippen molar-refractivity contribution in [3.05, 3.63) is 35.2 Å². The number of aliphatic hydroxyl groups is 1.